The fourth-order valence-electron chi connectivity index (χ4n) is 2.73. The Bertz CT molecular complexity index is 290. The summed E-state index contributed by atoms with van der Waals surface area (Å²) in [5.41, 5.74) is 5.89. The zero-order valence-corrected chi connectivity index (χ0v) is 10.5. The van der Waals surface area contributed by atoms with Gasteiger partial charge in [-0.1, -0.05) is 6.42 Å². The molecule has 4 heteroatoms. The first-order valence-electron chi connectivity index (χ1n) is 6.06. The minimum absolute atomic E-state index is 0.197. The van der Waals surface area contributed by atoms with E-state index in [1.165, 1.54) is 6.42 Å². The van der Waals surface area contributed by atoms with Gasteiger partial charge in [0, 0.05) is 24.5 Å². The van der Waals surface area contributed by atoms with Crippen LogP contribution in [-0.2, 0) is 4.74 Å². The minimum Gasteiger partial charge on any atom is -0.444 e. The van der Waals surface area contributed by atoms with Crippen molar-refractivity contribution in [3.63, 3.8) is 0 Å². The molecule has 0 aromatic rings. The number of likely N-dealkylation sites (tertiary alicyclic amines) is 1. The van der Waals surface area contributed by atoms with Gasteiger partial charge in [0.15, 0.2) is 0 Å². The summed E-state index contributed by atoms with van der Waals surface area (Å²) in [4.78, 5) is 13.5. The molecule has 1 saturated carbocycles. The standard InChI is InChI=1S/C12H22N2O2/c1-11(2,3)16-10(15)14-7-12(8-14)6-4-5-9(12)13/h9H,4-8,13H2,1-3H3. The number of carbonyl (C=O) groups is 1. The van der Waals surface area contributed by atoms with Gasteiger partial charge < -0.3 is 15.4 Å². The normalized spacial score (nSPS) is 28.0. The van der Waals surface area contributed by atoms with Gasteiger partial charge in [0.2, 0.25) is 0 Å². The van der Waals surface area contributed by atoms with Crippen LogP contribution in [0.2, 0.25) is 0 Å². The van der Waals surface area contributed by atoms with Crippen LogP contribution in [-0.4, -0.2) is 35.7 Å². The molecule has 1 unspecified atom stereocenters. The fraction of sp³-hybridized carbons (Fsp3) is 0.917. The van der Waals surface area contributed by atoms with Crippen LogP contribution in [0.4, 0.5) is 4.79 Å². The summed E-state index contributed by atoms with van der Waals surface area (Å²) in [6.07, 6.45) is 3.26. The summed E-state index contributed by atoms with van der Waals surface area (Å²) in [5.74, 6) is 0. The van der Waals surface area contributed by atoms with Gasteiger partial charge in [0.25, 0.3) is 0 Å². The minimum atomic E-state index is -0.405. The molecule has 1 amide bonds. The molecule has 2 N–H and O–H groups in total. The van der Waals surface area contributed by atoms with Crippen LogP contribution >= 0.6 is 0 Å². The Hall–Kier alpha value is -0.770. The van der Waals surface area contributed by atoms with Crippen molar-refractivity contribution in [2.75, 3.05) is 13.1 Å². The predicted molar refractivity (Wildman–Crippen MR) is 62.1 cm³/mol. The average Bonchev–Trinajstić information content (AvgIpc) is 2.40. The van der Waals surface area contributed by atoms with Gasteiger partial charge in [-0.05, 0) is 33.6 Å². The molecule has 1 heterocycles. The first kappa shape index (κ1) is 11.7. The van der Waals surface area contributed by atoms with E-state index in [-0.39, 0.29) is 17.6 Å². The van der Waals surface area contributed by atoms with Gasteiger partial charge in [-0.25, -0.2) is 4.79 Å². The van der Waals surface area contributed by atoms with E-state index in [0.717, 1.165) is 25.9 Å². The quantitative estimate of drug-likeness (QED) is 0.684. The lowest BCUT2D eigenvalue weighted by atomic mass is 9.76. The van der Waals surface area contributed by atoms with Gasteiger partial charge in [0.05, 0.1) is 0 Å². The summed E-state index contributed by atoms with van der Waals surface area (Å²) in [6.45, 7) is 7.23. The van der Waals surface area contributed by atoms with Crippen LogP contribution in [0.1, 0.15) is 40.0 Å². The largest absolute Gasteiger partial charge is 0.444 e. The first-order chi connectivity index (χ1) is 7.32. The molecule has 0 aromatic carbocycles. The number of nitrogens with two attached hydrogens (primary N) is 1. The lowest BCUT2D eigenvalue weighted by Gasteiger charge is -2.50. The molecule has 2 rings (SSSR count). The molecular weight excluding hydrogens is 204 g/mol. The topological polar surface area (TPSA) is 55.6 Å². The molecule has 1 aliphatic heterocycles. The third-order valence-electron chi connectivity index (χ3n) is 3.64. The number of hydrogen-bond acceptors (Lipinski definition) is 3. The molecule has 92 valence electrons. The van der Waals surface area contributed by atoms with Crippen LogP contribution in [0.5, 0.6) is 0 Å². The molecule has 16 heavy (non-hydrogen) atoms. The van der Waals surface area contributed by atoms with Crippen molar-refractivity contribution in [3.8, 4) is 0 Å². The lowest BCUT2D eigenvalue weighted by molar-refractivity contribution is -0.0371. The maximum absolute atomic E-state index is 11.8. The molecule has 2 fully saturated rings. The zero-order valence-electron chi connectivity index (χ0n) is 10.5. The third kappa shape index (κ3) is 2.03. The fourth-order valence-corrected chi connectivity index (χ4v) is 2.73. The van der Waals surface area contributed by atoms with Crippen molar-refractivity contribution in [2.45, 2.75) is 51.7 Å². The SMILES string of the molecule is CC(C)(C)OC(=O)N1CC2(CCCC2N)C1. The van der Waals surface area contributed by atoms with Crippen molar-refractivity contribution in [1.82, 2.24) is 4.90 Å². The van der Waals surface area contributed by atoms with Gasteiger partial charge in [0.1, 0.15) is 5.60 Å². The maximum Gasteiger partial charge on any atom is 0.410 e. The second-order valence-corrected chi connectivity index (χ2v) is 6.20. The number of amides is 1. The molecular formula is C12H22N2O2. The van der Waals surface area contributed by atoms with E-state index in [1.807, 2.05) is 20.8 Å². The second-order valence-electron chi connectivity index (χ2n) is 6.20. The van der Waals surface area contributed by atoms with E-state index >= 15 is 0 Å². The highest BCUT2D eigenvalue weighted by Gasteiger charge is 2.52. The van der Waals surface area contributed by atoms with Crippen LogP contribution in [0.3, 0.4) is 0 Å². The van der Waals surface area contributed by atoms with Gasteiger partial charge in [-0.15, -0.1) is 0 Å². The summed E-state index contributed by atoms with van der Waals surface area (Å²) >= 11 is 0. The monoisotopic (exact) mass is 226 g/mol. The number of ether oxygens (including phenoxy) is 1. The Balaban J connectivity index is 1.86. The molecule has 0 aromatic heterocycles. The third-order valence-corrected chi connectivity index (χ3v) is 3.64. The molecule has 1 saturated heterocycles. The van der Waals surface area contributed by atoms with Crippen molar-refractivity contribution in [3.05, 3.63) is 0 Å². The summed E-state index contributed by atoms with van der Waals surface area (Å²) < 4.78 is 5.33. The van der Waals surface area contributed by atoms with Crippen LogP contribution in [0, 0.1) is 5.41 Å². The zero-order chi connectivity index (χ0) is 12.0. The Labute approximate surface area is 97.1 Å². The van der Waals surface area contributed by atoms with E-state index in [1.54, 1.807) is 4.90 Å². The summed E-state index contributed by atoms with van der Waals surface area (Å²) in [6, 6.07) is 0.270. The molecule has 0 radical (unpaired) electrons. The van der Waals surface area contributed by atoms with Crippen molar-refractivity contribution < 1.29 is 9.53 Å². The Kier molecular flexibility index (Phi) is 2.65. The Morgan fingerprint density at radius 1 is 1.44 bits per heavy atom. The molecule has 4 nitrogen and oxygen atoms in total. The van der Waals surface area contributed by atoms with Crippen molar-refractivity contribution >= 4 is 6.09 Å². The molecule has 1 aliphatic carbocycles. The lowest BCUT2D eigenvalue weighted by Crippen LogP contribution is -2.63. The molecule has 2 aliphatic rings. The smallest absolute Gasteiger partial charge is 0.410 e. The van der Waals surface area contributed by atoms with E-state index in [2.05, 4.69) is 0 Å². The molecule has 1 spiro atoms. The van der Waals surface area contributed by atoms with E-state index in [9.17, 15) is 4.79 Å². The van der Waals surface area contributed by atoms with Crippen molar-refractivity contribution in [2.24, 2.45) is 11.1 Å². The Morgan fingerprint density at radius 2 is 2.06 bits per heavy atom. The van der Waals surface area contributed by atoms with Crippen molar-refractivity contribution in [1.29, 1.82) is 0 Å². The maximum atomic E-state index is 11.8. The van der Waals surface area contributed by atoms with Crippen LogP contribution in [0.15, 0.2) is 0 Å². The van der Waals surface area contributed by atoms with E-state index in [0.29, 0.717) is 0 Å². The first-order valence-corrected chi connectivity index (χ1v) is 6.06. The molecule has 0 bridgehead atoms. The summed E-state index contributed by atoms with van der Waals surface area (Å²) in [5, 5.41) is 0. The highest BCUT2D eigenvalue weighted by molar-refractivity contribution is 5.69. The van der Waals surface area contributed by atoms with Crippen LogP contribution in [0.25, 0.3) is 0 Å². The number of nitrogens with zero attached hydrogens (tertiary/aromatic N) is 1. The van der Waals surface area contributed by atoms with Gasteiger partial charge in [-0.3, -0.25) is 0 Å². The highest BCUT2D eigenvalue weighted by atomic mass is 16.6. The van der Waals surface area contributed by atoms with Crippen LogP contribution < -0.4 is 5.73 Å². The van der Waals surface area contributed by atoms with Gasteiger partial charge >= 0.3 is 6.09 Å². The second kappa shape index (κ2) is 3.62. The molecule has 1 atom stereocenters. The number of hydrogen-bond donors (Lipinski definition) is 1. The summed E-state index contributed by atoms with van der Waals surface area (Å²) in [7, 11) is 0. The Morgan fingerprint density at radius 3 is 2.50 bits per heavy atom. The average molecular weight is 226 g/mol. The van der Waals surface area contributed by atoms with E-state index < -0.39 is 5.60 Å². The number of rotatable bonds is 0. The van der Waals surface area contributed by atoms with E-state index in [4.69, 9.17) is 10.5 Å². The van der Waals surface area contributed by atoms with Gasteiger partial charge in [-0.2, -0.15) is 0 Å². The highest BCUT2D eigenvalue weighted by Crippen LogP contribution is 2.44. The predicted octanol–water partition coefficient (Wildman–Crippen LogP) is 1.73. The number of carbonyl (C=O) groups excluding carboxylic acids is 1.